The second-order valence-corrected chi connectivity index (χ2v) is 7.62. The average Bonchev–Trinajstić information content (AvgIpc) is 2.96. The highest BCUT2D eigenvalue weighted by molar-refractivity contribution is 8.00. The first-order chi connectivity index (χ1) is 11.9. The van der Waals surface area contributed by atoms with Gasteiger partial charge in [-0.2, -0.15) is 13.2 Å². The van der Waals surface area contributed by atoms with Gasteiger partial charge in [-0.1, -0.05) is 13.8 Å². The van der Waals surface area contributed by atoms with Gasteiger partial charge in [0.15, 0.2) is 5.58 Å². The molecule has 0 spiro atoms. The predicted octanol–water partition coefficient (Wildman–Crippen LogP) is 6.18. The van der Waals surface area contributed by atoms with Crippen LogP contribution in [0.4, 0.5) is 13.2 Å². The summed E-state index contributed by atoms with van der Waals surface area (Å²) in [6, 6.07) is 6.32. The third kappa shape index (κ3) is 4.30. The van der Waals surface area contributed by atoms with E-state index < -0.39 is 5.51 Å². The standard InChI is InChI=1S/C17H15F3N2OS2/c1-3-10-7-14(24-4-2)15(21-9-10)16-22-12-8-11(25-17(18,19)20)5-6-13(12)23-16/h5-9H,3-4H2,1-2H3. The van der Waals surface area contributed by atoms with Crippen LogP contribution in [0.1, 0.15) is 19.4 Å². The minimum Gasteiger partial charge on any atom is -0.435 e. The van der Waals surface area contributed by atoms with Crippen molar-refractivity contribution in [3.8, 4) is 11.6 Å². The summed E-state index contributed by atoms with van der Waals surface area (Å²) >= 11 is 1.47. The van der Waals surface area contributed by atoms with Gasteiger partial charge in [0.1, 0.15) is 11.2 Å². The van der Waals surface area contributed by atoms with E-state index in [1.54, 1.807) is 18.0 Å². The molecule has 1 aromatic carbocycles. The van der Waals surface area contributed by atoms with Gasteiger partial charge >= 0.3 is 5.51 Å². The monoisotopic (exact) mass is 384 g/mol. The highest BCUT2D eigenvalue weighted by atomic mass is 32.2. The van der Waals surface area contributed by atoms with Gasteiger partial charge in [0.25, 0.3) is 0 Å². The summed E-state index contributed by atoms with van der Waals surface area (Å²) in [5.41, 5.74) is -1.78. The molecule has 132 valence electrons. The number of aromatic nitrogens is 2. The quantitative estimate of drug-likeness (QED) is 0.492. The lowest BCUT2D eigenvalue weighted by atomic mass is 10.2. The maximum Gasteiger partial charge on any atom is 0.446 e. The zero-order valence-corrected chi connectivity index (χ0v) is 15.2. The molecule has 3 nitrogen and oxygen atoms in total. The first kappa shape index (κ1) is 18.1. The molecule has 8 heteroatoms. The average molecular weight is 384 g/mol. The molecule has 25 heavy (non-hydrogen) atoms. The molecule has 2 aromatic heterocycles. The van der Waals surface area contributed by atoms with E-state index in [-0.39, 0.29) is 16.7 Å². The Balaban J connectivity index is 2.01. The number of oxazole rings is 1. The number of benzene rings is 1. The lowest BCUT2D eigenvalue weighted by molar-refractivity contribution is -0.0328. The van der Waals surface area contributed by atoms with Crippen LogP contribution < -0.4 is 0 Å². The second kappa shape index (κ2) is 7.29. The highest BCUT2D eigenvalue weighted by Crippen LogP contribution is 2.38. The number of rotatable bonds is 5. The van der Waals surface area contributed by atoms with E-state index in [0.717, 1.165) is 22.6 Å². The third-order valence-corrected chi connectivity index (χ3v) is 5.04. The zero-order chi connectivity index (χ0) is 18.0. The number of nitrogens with zero attached hydrogens (tertiary/aromatic N) is 2. The Hall–Kier alpha value is -1.67. The summed E-state index contributed by atoms with van der Waals surface area (Å²) in [5.74, 6) is 1.19. The Bertz CT molecular complexity index is 893. The normalized spacial score (nSPS) is 12.0. The predicted molar refractivity (Wildman–Crippen MR) is 94.9 cm³/mol. The Morgan fingerprint density at radius 2 is 1.96 bits per heavy atom. The smallest absolute Gasteiger partial charge is 0.435 e. The van der Waals surface area contributed by atoms with Gasteiger partial charge in [0.05, 0.1) is 0 Å². The van der Waals surface area contributed by atoms with Crippen LogP contribution in [-0.2, 0) is 6.42 Å². The topological polar surface area (TPSA) is 38.9 Å². The first-order valence-corrected chi connectivity index (χ1v) is 9.48. The van der Waals surface area contributed by atoms with Crippen LogP contribution >= 0.6 is 23.5 Å². The summed E-state index contributed by atoms with van der Waals surface area (Å²) in [5, 5.41) is 0. The fraction of sp³-hybridized carbons (Fsp3) is 0.294. The molecule has 0 aliphatic carbocycles. The van der Waals surface area contributed by atoms with Crippen molar-refractivity contribution in [1.29, 1.82) is 0 Å². The lowest BCUT2D eigenvalue weighted by Gasteiger charge is -2.06. The Kier molecular flexibility index (Phi) is 5.29. The van der Waals surface area contributed by atoms with Gasteiger partial charge < -0.3 is 4.42 Å². The van der Waals surface area contributed by atoms with Gasteiger partial charge in [-0.25, -0.2) is 9.97 Å². The molecule has 0 aliphatic rings. The first-order valence-electron chi connectivity index (χ1n) is 7.68. The number of fused-ring (bicyclic) bond motifs is 1. The molecule has 0 unspecified atom stereocenters. The van der Waals surface area contributed by atoms with E-state index in [1.165, 1.54) is 18.2 Å². The van der Waals surface area contributed by atoms with Crippen molar-refractivity contribution in [2.24, 2.45) is 0 Å². The molecule has 0 N–H and O–H groups in total. The van der Waals surface area contributed by atoms with Gasteiger partial charge in [-0.3, -0.25) is 0 Å². The largest absolute Gasteiger partial charge is 0.446 e. The van der Waals surface area contributed by atoms with Crippen LogP contribution in [0.2, 0.25) is 0 Å². The van der Waals surface area contributed by atoms with Crippen molar-refractivity contribution in [1.82, 2.24) is 9.97 Å². The van der Waals surface area contributed by atoms with Crippen molar-refractivity contribution in [3.63, 3.8) is 0 Å². The van der Waals surface area contributed by atoms with Crippen molar-refractivity contribution in [2.75, 3.05) is 5.75 Å². The Labute approximate surface area is 151 Å². The zero-order valence-electron chi connectivity index (χ0n) is 13.6. The number of aryl methyl sites for hydroxylation is 1. The number of pyridine rings is 1. The molecular formula is C17H15F3N2OS2. The summed E-state index contributed by atoms with van der Waals surface area (Å²) in [6.07, 6.45) is 2.64. The van der Waals surface area contributed by atoms with Crippen LogP contribution in [0, 0.1) is 0 Å². The summed E-state index contributed by atoms with van der Waals surface area (Å²) in [4.78, 5) is 9.84. The molecule has 0 fully saturated rings. The maximum absolute atomic E-state index is 12.5. The van der Waals surface area contributed by atoms with Crippen molar-refractivity contribution in [3.05, 3.63) is 36.0 Å². The van der Waals surface area contributed by atoms with Gasteiger partial charge in [0, 0.05) is 16.0 Å². The molecule has 2 heterocycles. The third-order valence-electron chi connectivity index (χ3n) is 3.41. The van der Waals surface area contributed by atoms with E-state index >= 15 is 0 Å². The van der Waals surface area contributed by atoms with E-state index in [1.807, 2.05) is 6.92 Å². The Morgan fingerprint density at radius 1 is 1.16 bits per heavy atom. The van der Waals surface area contributed by atoms with Gasteiger partial charge in [0.2, 0.25) is 5.89 Å². The number of hydrogen-bond acceptors (Lipinski definition) is 5. The van der Waals surface area contributed by atoms with Crippen LogP contribution in [0.25, 0.3) is 22.7 Å². The fourth-order valence-corrected chi connectivity index (χ4v) is 3.71. The maximum atomic E-state index is 12.5. The molecule has 0 radical (unpaired) electrons. The molecule has 0 amide bonds. The summed E-state index contributed by atoms with van der Waals surface area (Å²) in [7, 11) is 0. The molecular weight excluding hydrogens is 369 g/mol. The minimum absolute atomic E-state index is 0.0808. The minimum atomic E-state index is -4.33. The summed E-state index contributed by atoms with van der Waals surface area (Å²) < 4.78 is 43.3. The Morgan fingerprint density at radius 3 is 2.64 bits per heavy atom. The van der Waals surface area contributed by atoms with Crippen LogP contribution in [-0.4, -0.2) is 21.2 Å². The van der Waals surface area contributed by atoms with Crippen molar-refractivity contribution >= 4 is 34.6 Å². The highest BCUT2D eigenvalue weighted by Gasteiger charge is 2.29. The van der Waals surface area contributed by atoms with Crippen LogP contribution in [0.15, 0.2) is 44.7 Å². The van der Waals surface area contributed by atoms with E-state index in [9.17, 15) is 13.2 Å². The van der Waals surface area contributed by atoms with E-state index in [4.69, 9.17) is 4.42 Å². The van der Waals surface area contributed by atoms with Crippen molar-refractivity contribution < 1.29 is 17.6 Å². The molecule has 0 atom stereocenters. The van der Waals surface area contributed by atoms with Crippen LogP contribution in [0.5, 0.6) is 0 Å². The molecule has 3 rings (SSSR count). The number of alkyl halides is 3. The van der Waals surface area contributed by atoms with E-state index in [2.05, 4.69) is 23.0 Å². The van der Waals surface area contributed by atoms with Crippen LogP contribution in [0.3, 0.4) is 0 Å². The molecule has 0 aliphatic heterocycles. The SMILES string of the molecule is CCSc1cc(CC)cnc1-c1nc2cc(SC(F)(F)F)ccc2o1. The van der Waals surface area contributed by atoms with Gasteiger partial charge in [-0.15, -0.1) is 11.8 Å². The molecule has 3 aromatic rings. The fourth-order valence-electron chi connectivity index (χ4n) is 2.31. The number of thioether (sulfide) groups is 2. The van der Waals surface area contributed by atoms with Gasteiger partial charge in [-0.05, 0) is 53.8 Å². The number of halogens is 3. The molecule has 0 saturated heterocycles. The molecule has 0 bridgehead atoms. The second-order valence-electron chi connectivity index (χ2n) is 5.17. The molecule has 0 saturated carbocycles. The van der Waals surface area contributed by atoms with Crippen molar-refractivity contribution in [2.45, 2.75) is 35.6 Å². The summed E-state index contributed by atoms with van der Waals surface area (Å²) in [6.45, 7) is 4.09. The van der Waals surface area contributed by atoms with E-state index in [0.29, 0.717) is 22.7 Å². The number of hydrogen-bond donors (Lipinski definition) is 0. The lowest BCUT2D eigenvalue weighted by Crippen LogP contribution is -1.98.